The van der Waals surface area contributed by atoms with Crippen molar-refractivity contribution in [2.24, 2.45) is 17.4 Å². The van der Waals surface area contributed by atoms with Crippen LogP contribution in [-0.2, 0) is 40.0 Å². The van der Waals surface area contributed by atoms with Crippen molar-refractivity contribution in [2.45, 2.75) is 82.3 Å². The van der Waals surface area contributed by atoms with Crippen LogP contribution in [0.4, 0.5) is 4.79 Å². The minimum atomic E-state index is -1.15. The predicted molar refractivity (Wildman–Crippen MR) is 184 cm³/mol. The monoisotopic (exact) mass is 704 g/mol. The number of aliphatic carboxylic acids is 1. The van der Waals surface area contributed by atoms with Gasteiger partial charge in [0.15, 0.2) is 5.78 Å². The highest BCUT2D eigenvalue weighted by atomic mass is 16.4. The minimum Gasteiger partial charge on any atom is -0.481 e. The Morgan fingerprint density at radius 3 is 2.27 bits per heavy atom. The Kier molecular flexibility index (Phi) is 13.4. The molecule has 15 nitrogen and oxygen atoms in total. The molecule has 0 bridgehead atoms. The second-order valence-electron chi connectivity index (χ2n) is 12.9. The molecule has 7 N–H and O–H groups in total. The number of nitrogens with one attached hydrogen (secondary N) is 2. The minimum absolute atomic E-state index is 0.0915. The summed E-state index contributed by atoms with van der Waals surface area (Å²) in [6, 6.07) is 9.50. The molecule has 0 aromatic heterocycles. The number of carbonyl (C=O) groups excluding carboxylic acids is 7. The van der Waals surface area contributed by atoms with Crippen LogP contribution < -0.4 is 22.1 Å². The van der Waals surface area contributed by atoms with E-state index in [0.717, 1.165) is 33.4 Å². The van der Waals surface area contributed by atoms with Crippen molar-refractivity contribution in [1.82, 2.24) is 20.4 Å². The number of benzene rings is 2. The summed E-state index contributed by atoms with van der Waals surface area (Å²) in [6.07, 6.45) is 3.06. The number of ketones is 1. The van der Waals surface area contributed by atoms with E-state index in [1.54, 1.807) is 0 Å². The maximum absolute atomic E-state index is 14.0. The summed E-state index contributed by atoms with van der Waals surface area (Å²) in [5, 5.41) is 16.4. The molecule has 0 spiro atoms. The highest BCUT2D eigenvalue weighted by molar-refractivity contribution is 6.13. The van der Waals surface area contributed by atoms with E-state index in [1.165, 1.54) is 4.90 Å². The number of primary amides is 2. The number of fused-ring (bicyclic) bond motifs is 1. The molecule has 1 fully saturated rings. The number of imide groups is 1. The first kappa shape index (κ1) is 38.2. The number of amides is 7. The molecular weight excluding hydrogens is 660 g/mol. The Balaban J connectivity index is 1.54. The molecule has 7 amide bonds. The Morgan fingerprint density at radius 2 is 1.61 bits per heavy atom. The van der Waals surface area contributed by atoms with Crippen molar-refractivity contribution in [3.05, 3.63) is 60.2 Å². The van der Waals surface area contributed by atoms with Gasteiger partial charge >= 0.3 is 12.0 Å². The lowest BCUT2D eigenvalue weighted by molar-refractivity contribution is -0.147. The smallest absolute Gasteiger partial charge is 0.312 e. The number of carboxylic acids is 1. The summed E-state index contributed by atoms with van der Waals surface area (Å²) in [4.78, 5) is 103. The molecule has 2 heterocycles. The summed E-state index contributed by atoms with van der Waals surface area (Å²) in [5.41, 5.74) is 11.5. The standard InChI is InChI=1S/C36H44N6O9/c37-34(49)25(8-5-16-39-36(38)51)20-29(43)27(19-22-10-11-23-6-1-2-7-24(23)18-22)40-35(50)28-9-3-4-17-41(28)32(46)21-26(12-15-33(47)48)42-30(44)13-14-31(42)45/h1-2,6-7,10-11,13-14,18,25-28H,3-5,8-9,12,15-17,19-21H2,(H2,37,49)(H,40,50)(H,47,48)(H3,38,39,51)/t25-,26+,27+,28+/m1/s1. The molecule has 15 heteroatoms. The van der Waals surface area contributed by atoms with E-state index in [2.05, 4.69) is 10.6 Å². The molecule has 0 unspecified atom stereocenters. The van der Waals surface area contributed by atoms with Crippen LogP contribution in [0.25, 0.3) is 10.8 Å². The van der Waals surface area contributed by atoms with E-state index in [-0.39, 0.29) is 58.0 Å². The number of carbonyl (C=O) groups is 8. The molecule has 2 aromatic rings. The SMILES string of the molecule is NC(=O)NCCC[C@H](CC(=O)[C@H](Cc1ccc2ccccc2c1)NC(=O)[C@@H]1CCCCN1C(=O)C[C@H](CCC(=O)O)N1C(=O)C=CC1=O)C(N)=O. The van der Waals surface area contributed by atoms with Crippen LogP contribution in [0.2, 0.25) is 0 Å². The number of nitrogens with two attached hydrogens (primary N) is 2. The first-order valence-corrected chi connectivity index (χ1v) is 17.0. The van der Waals surface area contributed by atoms with Crippen molar-refractivity contribution in [3.8, 4) is 0 Å². The van der Waals surface area contributed by atoms with Gasteiger partial charge in [0.05, 0.1) is 6.04 Å². The first-order chi connectivity index (χ1) is 24.3. The fourth-order valence-corrected chi connectivity index (χ4v) is 6.61. The van der Waals surface area contributed by atoms with Gasteiger partial charge in [-0.05, 0) is 61.3 Å². The van der Waals surface area contributed by atoms with Gasteiger partial charge in [-0.1, -0.05) is 42.5 Å². The number of hydrogen-bond donors (Lipinski definition) is 5. The molecule has 2 aliphatic heterocycles. The number of piperidine rings is 1. The fraction of sp³-hybridized carbons (Fsp3) is 0.444. The van der Waals surface area contributed by atoms with Gasteiger partial charge in [0.25, 0.3) is 11.8 Å². The second kappa shape index (κ2) is 17.9. The van der Waals surface area contributed by atoms with Crippen LogP contribution in [0.1, 0.15) is 63.4 Å². The molecular formula is C36H44N6O9. The summed E-state index contributed by atoms with van der Waals surface area (Å²) in [7, 11) is 0. The number of Topliss-reactive ketones (excluding diaryl/α,β-unsaturated/α-hetero) is 1. The quantitative estimate of drug-likeness (QED) is 0.111. The van der Waals surface area contributed by atoms with Crippen LogP contribution >= 0.6 is 0 Å². The number of rotatable bonds is 18. The fourth-order valence-electron chi connectivity index (χ4n) is 6.61. The third kappa shape index (κ3) is 10.7. The molecule has 1 saturated heterocycles. The normalized spacial score (nSPS) is 17.5. The van der Waals surface area contributed by atoms with E-state index in [9.17, 15) is 43.5 Å². The second-order valence-corrected chi connectivity index (χ2v) is 12.9. The van der Waals surface area contributed by atoms with E-state index in [0.29, 0.717) is 19.3 Å². The highest BCUT2D eigenvalue weighted by Gasteiger charge is 2.38. The van der Waals surface area contributed by atoms with Crippen LogP contribution in [0, 0.1) is 5.92 Å². The lowest BCUT2D eigenvalue weighted by atomic mass is 9.90. The number of urea groups is 1. The lowest BCUT2D eigenvalue weighted by Gasteiger charge is -2.37. The topological polar surface area (TPSA) is 239 Å². The van der Waals surface area contributed by atoms with Gasteiger partial charge < -0.3 is 32.1 Å². The lowest BCUT2D eigenvalue weighted by Crippen LogP contribution is -2.56. The van der Waals surface area contributed by atoms with Gasteiger partial charge in [-0.15, -0.1) is 0 Å². The van der Waals surface area contributed by atoms with Crippen LogP contribution in [-0.4, -0.2) is 93.4 Å². The molecule has 4 atom stereocenters. The molecule has 0 radical (unpaired) electrons. The third-order valence-electron chi connectivity index (χ3n) is 9.27. The van der Waals surface area contributed by atoms with Crippen molar-refractivity contribution < 1.29 is 43.5 Å². The largest absolute Gasteiger partial charge is 0.481 e. The molecule has 0 aliphatic carbocycles. The summed E-state index contributed by atoms with van der Waals surface area (Å²) in [6.45, 7) is 0.388. The first-order valence-electron chi connectivity index (χ1n) is 17.0. The van der Waals surface area contributed by atoms with Gasteiger partial charge in [-0.25, -0.2) is 4.79 Å². The van der Waals surface area contributed by atoms with Crippen LogP contribution in [0.3, 0.4) is 0 Å². The van der Waals surface area contributed by atoms with Crippen molar-refractivity contribution in [2.75, 3.05) is 13.1 Å². The molecule has 0 saturated carbocycles. The van der Waals surface area contributed by atoms with Gasteiger partial charge in [0.2, 0.25) is 17.7 Å². The van der Waals surface area contributed by atoms with Gasteiger partial charge in [-0.3, -0.25) is 38.5 Å². The molecule has 272 valence electrons. The zero-order chi connectivity index (χ0) is 37.1. The van der Waals surface area contributed by atoms with Crippen molar-refractivity contribution in [3.63, 3.8) is 0 Å². The Labute approximate surface area is 294 Å². The van der Waals surface area contributed by atoms with Gasteiger partial charge in [0.1, 0.15) is 6.04 Å². The maximum Gasteiger partial charge on any atom is 0.312 e. The maximum atomic E-state index is 14.0. The Morgan fingerprint density at radius 1 is 0.902 bits per heavy atom. The third-order valence-corrected chi connectivity index (χ3v) is 9.27. The van der Waals surface area contributed by atoms with E-state index in [4.69, 9.17) is 11.5 Å². The van der Waals surface area contributed by atoms with Crippen LogP contribution in [0.5, 0.6) is 0 Å². The number of likely N-dealkylation sites (tertiary alicyclic amines) is 1. The average Bonchev–Trinajstić information content (AvgIpc) is 3.43. The van der Waals surface area contributed by atoms with Gasteiger partial charge in [-0.2, -0.15) is 0 Å². The zero-order valence-corrected chi connectivity index (χ0v) is 28.3. The van der Waals surface area contributed by atoms with E-state index in [1.807, 2.05) is 42.5 Å². The zero-order valence-electron chi connectivity index (χ0n) is 28.3. The highest BCUT2D eigenvalue weighted by Crippen LogP contribution is 2.24. The summed E-state index contributed by atoms with van der Waals surface area (Å²) < 4.78 is 0. The van der Waals surface area contributed by atoms with E-state index < -0.39 is 71.4 Å². The Hall–Kier alpha value is -5.60. The number of carboxylic acid groups (broad SMARTS) is 1. The average molecular weight is 705 g/mol. The van der Waals surface area contributed by atoms with Crippen molar-refractivity contribution in [1.29, 1.82) is 0 Å². The van der Waals surface area contributed by atoms with Crippen LogP contribution in [0.15, 0.2) is 54.6 Å². The number of hydrogen-bond acceptors (Lipinski definition) is 8. The molecule has 2 aromatic carbocycles. The summed E-state index contributed by atoms with van der Waals surface area (Å²) in [5.74, 6) is -5.58. The Bertz CT molecular complexity index is 1690. The van der Waals surface area contributed by atoms with E-state index >= 15 is 0 Å². The number of nitrogens with zero attached hydrogens (tertiary/aromatic N) is 2. The van der Waals surface area contributed by atoms with Crippen molar-refractivity contribution >= 4 is 58.1 Å². The molecule has 51 heavy (non-hydrogen) atoms. The predicted octanol–water partition coefficient (Wildman–Crippen LogP) is 1.31. The van der Waals surface area contributed by atoms with Gasteiger partial charge in [0, 0.05) is 56.5 Å². The molecule has 4 rings (SSSR count). The molecule has 2 aliphatic rings. The summed E-state index contributed by atoms with van der Waals surface area (Å²) >= 11 is 0.